The number of amides is 1. The number of sulfone groups is 1. The lowest BCUT2D eigenvalue weighted by Gasteiger charge is -2.27. The van der Waals surface area contributed by atoms with E-state index in [0.29, 0.717) is 30.8 Å². The molecule has 1 aromatic carbocycles. The maximum Gasteiger partial charge on any atom is 0.223 e. The van der Waals surface area contributed by atoms with E-state index < -0.39 is 9.84 Å². The number of hydrogen-bond donors (Lipinski definition) is 0. The van der Waals surface area contributed by atoms with Crippen LogP contribution in [0.4, 0.5) is 4.39 Å². The normalized spacial score (nSPS) is 18.8. The van der Waals surface area contributed by atoms with Gasteiger partial charge in [0, 0.05) is 18.0 Å². The van der Waals surface area contributed by atoms with Crippen LogP contribution in [0.1, 0.15) is 31.9 Å². The van der Waals surface area contributed by atoms with Crippen molar-refractivity contribution in [3.63, 3.8) is 0 Å². The molecule has 1 atom stereocenters. The van der Waals surface area contributed by atoms with Crippen molar-refractivity contribution in [2.45, 2.75) is 38.8 Å². The van der Waals surface area contributed by atoms with Crippen LogP contribution >= 0.6 is 0 Å². The van der Waals surface area contributed by atoms with Crippen LogP contribution in [0.5, 0.6) is 0 Å². The lowest BCUT2D eigenvalue weighted by Crippen LogP contribution is -2.40. The Balaban J connectivity index is 1.78. The van der Waals surface area contributed by atoms with Crippen molar-refractivity contribution in [1.82, 2.24) is 4.90 Å². The van der Waals surface area contributed by atoms with Crippen molar-refractivity contribution in [2.75, 3.05) is 11.5 Å². The maximum atomic E-state index is 13.1. The van der Waals surface area contributed by atoms with Gasteiger partial charge < -0.3 is 9.32 Å². The third-order valence-electron chi connectivity index (χ3n) is 4.55. The number of nitrogens with zero attached hydrogens (tertiary/aromatic N) is 1. The molecule has 0 radical (unpaired) electrons. The number of hydrogen-bond acceptors (Lipinski definition) is 4. The molecule has 0 spiro atoms. The van der Waals surface area contributed by atoms with Crippen molar-refractivity contribution in [1.29, 1.82) is 0 Å². The molecule has 1 aliphatic rings. The smallest absolute Gasteiger partial charge is 0.223 e. The molecule has 3 rings (SSSR count). The Morgan fingerprint density at radius 1 is 1.23 bits per heavy atom. The number of carbonyl (C=O) groups is 1. The molecule has 7 heteroatoms. The van der Waals surface area contributed by atoms with Crippen LogP contribution in [0.15, 0.2) is 40.8 Å². The summed E-state index contributed by atoms with van der Waals surface area (Å²) in [5, 5.41) is 0. The minimum atomic E-state index is -3.08. The third-order valence-corrected chi connectivity index (χ3v) is 6.30. The van der Waals surface area contributed by atoms with Gasteiger partial charge in [0.2, 0.25) is 5.91 Å². The SMILES string of the molecule is CCCC(=O)N(Cc1ccc(-c2ccc(F)cc2)o1)[C@H]1CCS(=O)(=O)C1. The van der Waals surface area contributed by atoms with Crippen molar-refractivity contribution in [2.24, 2.45) is 0 Å². The number of rotatable bonds is 6. The van der Waals surface area contributed by atoms with Gasteiger partial charge in [0.15, 0.2) is 9.84 Å². The second-order valence-electron chi connectivity index (χ2n) is 6.60. The van der Waals surface area contributed by atoms with Gasteiger partial charge in [-0.25, -0.2) is 12.8 Å². The Kier molecular flexibility index (Phi) is 5.46. The summed E-state index contributed by atoms with van der Waals surface area (Å²) in [6.07, 6.45) is 1.54. The first-order valence-electron chi connectivity index (χ1n) is 8.72. The first kappa shape index (κ1) is 18.6. The molecule has 1 fully saturated rings. The second kappa shape index (κ2) is 7.61. The first-order valence-corrected chi connectivity index (χ1v) is 10.5. The average Bonchev–Trinajstić information content (AvgIpc) is 3.20. The molecule has 5 nitrogen and oxygen atoms in total. The molecular weight excluding hydrogens is 357 g/mol. The summed E-state index contributed by atoms with van der Waals surface area (Å²) in [5.41, 5.74) is 0.743. The van der Waals surface area contributed by atoms with Crippen molar-refractivity contribution in [3.8, 4) is 11.3 Å². The average molecular weight is 379 g/mol. The largest absolute Gasteiger partial charge is 0.459 e. The zero-order valence-corrected chi connectivity index (χ0v) is 15.5. The van der Waals surface area contributed by atoms with E-state index in [1.165, 1.54) is 12.1 Å². The maximum absolute atomic E-state index is 13.1. The molecule has 0 saturated carbocycles. The minimum absolute atomic E-state index is 0.00792. The highest BCUT2D eigenvalue weighted by atomic mass is 32.2. The van der Waals surface area contributed by atoms with Crippen LogP contribution in [0.25, 0.3) is 11.3 Å². The number of furan rings is 1. The molecule has 140 valence electrons. The van der Waals surface area contributed by atoms with Gasteiger partial charge >= 0.3 is 0 Å². The minimum Gasteiger partial charge on any atom is -0.459 e. The van der Waals surface area contributed by atoms with Crippen LogP contribution in [0.3, 0.4) is 0 Å². The molecule has 1 amide bonds. The van der Waals surface area contributed by atoms with Gasteiger partial charge in [-0.15, -0.1) is 0 Å². The van der Waals surface area contributed by atoms with Crippen molar-refractivity contribution >= 4 is 15.7 Å². The highest BCUT2D eigenvalue weighted by molar-refractivity contribution is 7.91. The Bertz CT molecular complexity index is 873. The Morgan fingerprint density at radius 3 is 2.58 bits per heavy atom. The third kappa shape index (κ3) is 4.33. The first-order chi connectivity index (χ1) is 12.4. The second-order valence-corrected chi connectivity index (χ2v) is 8.83. The van der Waals surface area contributed by atoms with Crippen LogP contribution in [-0.2, 0) is 21.2 Å². The standard InChI is InChI=1S/C19H22FNO4S/c1-2-3-19(22)21(16-10-11-26(23,24)13-16)12-17-8-9-18(25-17)14-4-6-15(20)7-5-14/h4-9,16H,2-3,10-13H2,1H3/t16-/m0/s1. The van der Waals surface area contributed by atoms with Gasteiger partial charge in [0.1, 0.15) is 17.3 Å². The van der Waals surface area contributed by atoms with Crippen LogP contribution < -0.4 is 0 Å². The van der Waals surface area contributed by atoms with E-state index in [9.17, 15) is 17.6 Å². The highest BCUT2D eigenvalue weighted by Gasteiger charge is 2.34. The lowest BCUT2D eigenvalue weighted by atomic mass is 10.1. The molecule has 1 aromatic heterocycles. The topological polar surface area (TPSA) is 67.6 Å². The van der Waals surface area contributed by atoms with Gasteiger partial charge in [0.05, 0.1) is 18.1 Å². The molecule has 0 N–H and O–H groups in total. The predicted molar refractivity (Wildman–Crippen MR) is 96.6 cm³/mol. The van der Waals surface area contributed by atoms with Crippen molar-refractivity contribution < 1.29 is 22.0 Å². The Labute approximate surface area is 152 Å². The molecule has 2 aromatic rings. The van der Waals surface area contributed by atoms with Gasteiger partial charge in [-0.05, 0) is 49.2 Å². The van der Waals surface area contributed by atoms with E-state index in [4.69, 9.17) is 4.42 Å². The van der Waals surface area contributed by atoms with Crippen molar-refractivity contribution in [3.05, 3.63) is 48.0 Å². The van der Waals surface area contributed by atoms with E-state index in [-0.39, 0.29) is 35.8 Å². The highest BCUT2D eigenvalue weighted by Crippen LogP contribution is 2.26. The van der Waals surface area contributed by atoms with Gasteiger partial charge in [-0.1, -0.05) is 6.92 Å². The molecular formula is C19H22FNO4S. The van der Waals surface area contributed by atoms with E-state index >= 15 is 0 Å². The fourth-order valence-corrected chi connectivity index (χ4v) is 4.93. The molecule has 0 bridgehead atoms. The summed E-state index contributed by atoms with van der Waals surface area (Å²) in [4.78, 5) is 14.1. The van der Waals surface area contributed by atoms with E-state index in [2.05, 4.69) is 0 Å². The summed E-state index contributed by atoms with van der Waals surface area (Å²) >= 11 is 0. The summed E-state index contributed by atoms with van der Waals surface area (Å²) in [6.45, 7) is 2.15. The fourth-order valence-electron chi connectivity index (χ4n) is 3.20. The molecule has 1 aliphatic heterocycles. The van der Waals surface area contributed by atoms with Gasteiger partial charge in [-0.2, -0.15) is 0 Å². The summed E-state index contributed by atoms with van der Waals surface area (Å²) in [5.74, 6) is 0.911. The number of halogens is 1. The van der Waals surface area contributed by atoms with Gasteiger partial charge in [-0.3, -0.25) is 4.79 Å². The number of carbonyl (C=O) groups excluding carboxylic acids is 1. The van der Waals surface area contributed by atoms with Crippen LogP contribution in [0.2, 0.25) is 0 Å². The lowest BCUT2D eigenvalue weighted by molar-refractivity contribution is -0.134. The zero-order chi connectivity index (χ0) is 18.7. The molecule has 1 saturated heterocycles. The quantitative estimate of drug-likeness (QED) is 0.771. The number of benzene rings is 1. The monoisotopic (exact) mass is 379 g/mol. The zero-order valence-electron chi connectivity index (χ0n) is 14.7. The Hall–Kier alpha value is -2.15. The predicted octanol–water partition coefficient (Wildman–Crippen LogP) is 3.40. The van der Waals surface area contributed by atoms with E-state index in [1.54, 1.807) is 29.2 Å². The summed E-state index contributed by atoms with van der Waals surface area (Å²) in [6, 6.07) is 9.21. The van der Waals surface area contributed by atoms with Gasteiger partial charge in [0.25, 0.3) is 0 Å². The van der Waals surface area contributed by atoms with Crippen LogP contribution in [0, 0.1) is 5.82 Å². The Morgan fingerprint density at radius 2 is 1.96 bits per heavy atom. The molecule has 2 heterocycles. The molecule has 0 aliphatic carbocycles. The van der Waals surface area contributed by atoms with E-state index in [1.807, 2.05) is 6.92 Å². The molecule has 0 unspecified atom stereocenters. The van der Waals surface area contributed by atoms with Crippen LogP contribution in [-0.4, -0.2) is 36.8 Å². The van der Waals surface area contributed by atoms with E-state index in [0.717, 1.165) is 5.56 Å². The fraction of sp³-hybridized carbons (Fsp3) is 0.421. The summed E-state index contributed by atoms with van der Waals surface area (Å²) in [7, 11) is -3.08. The summed E-state index contributed by atoms with van der Waals surface area (Å²) < 4.78 is 42.5. The molecule has 26 heavy (non-hydrogen) atoms.